The molecule has 2 heterocycles. The lowest BCUT2D eigenvalue weighted by Crippen LogP contribution is -2.65. The van der Waals surface area contributed by atoms with Crippen molar-refractivity contribution in [2.75, 3.05) is 13.2 Å². The fourth-order valence-electron chi connectivity index (χ4n) is 3.14. The minimum Gasteiger partial charge on any atom is -0.735 e. The van der Waals surface area contributed by atoms with Crippen LogP contribution in [0, 0.1) is 0 Å². The fourth-order valence-corrected chi connectivity index (χ4v) is 4.53. The lowest BCUT2D eigenvalue weighted by atomic mass is 9.98. The van der Waals surface area contributed by atoms with Crippen molar-refractivity contribution in [3.8, 4) is 0 Å². The lowest BCUT2D eigenvalue weighted by Gasteiger charge is -2.45. The molecule has 0 aromatic carbocycles. The van der Waals surface area contributed by atoms with E-state index in [0.29, 0.717) is 0 Å². The van der Waals surface area contributed by atoms with E-state index in [1.807, 2.05) is 0 Å². The van der Waals surface area contributed by atoms with Crippen molar-refractivity contribution >= 4 is 37.1 Å². The molecule has 2 fully saturated rings. The van der Waals surface area contributed by atoms with Crippen LogP contribution in [0.25, 0.3) is 0 Å². The summed E-state index contributed by atoms with van der Waals surface area (Å²) in [6, 6.07) is -2.00. The van der Waals surface area contributed by atoms with Gasteiger partial charge in [-0.25, -0.2) is 30.0 Å². The molecule has 19 nitrogen and oxygen atoms in total. The molecule has 2 rings (SSSR count). The molecule has 0 radical (unpaired) electrons. The summed E-state index contributed by atoms with van der Waals surface area (Å²) >= 11 is 0. The minimum atomic E-state index is -5.44. The Bertz CT molecular complexity index is 1040. The summed E-state index contributed by atoms with van der Waals surface area (Å²) in [5, 5.41) is 31.9. The molecule has 200 valence electrons. The number of carbonyl (C=O) groups is 1. The van der Waals surface area contributed by atoms with Gasteiger partial charge in [-0.1, -0.05) is 0 Å². The zero-order valence-corrected chi connectivity index (χ0v) is 18.8. The number of rotatable bonds is 10. The molecule has 2 aliphatic heterocycles. The van der Waals surface area contributed by atoms with Crippen molar-refractivity contribution in [1.82, 2.24) is 4.72 Å². The maximum Gasteiger partial charge on any atom is 0.218 e. The average molecular weight is 559 g/mol. The van der Waals surface area contributed by atoms with Crippen LogP contribution in [0.5, 0.6) is 0 Å². The second-order valence-electron chi connectivity index (χ2n) is 6.93. The highest BCUT2D eigenvalue weighted by atomic mass is 32.3. The van der Waals surface area contributed by atoms with Crippen molar-refractivity contribution < 1.29 is 81.6 Å². The van der Waals surface area contributed by atoms with E-state index in [1.54, 1.807) is 0 Å². The number of aliphatic hydroxyl groups excluding tert-OH is 2. The van der Waals surface area contributed by atoms with Crippen LogP contribution in [0.15, 0.2) is 0 Å². The number of nitrogens with one attached hydrogen (secondary N) is 1. The summed E-state index contributed by atoms with van der Waals surface area (Å²) in [5.41, 5.74) is 0. The number of ether oxygens (including phenoxy) is 3. The van der Waals surface area contributed by atoms with Gasteiger partial charge in [-0.3, -0.25) is 8.37 Å². The predicted octanol–water partition coefficient (Wildman–Crippen LogP) is -6.90. The molecule has 2 saturated heterocycles. The molecular formula is C12H17NO18S3-4. The van der Waals surface area contributed by atoms with Crippen LogP contribution in [0.1, 0.15) is 6.42 Å². The number of hydrogen-bond donors (Lipinski definition) is 3. The molecule has 0 spiro atoms. The highest BCUT2D eigenvalue weighted by Crippen LogP contribution is 2.28. The van der Waals surface area contributed by atoms with Crippen LogP contribution in [-0.2, 0) is 58.5 Å². The van der Waals surface area contributed by atoms with Crippen LogP contribution in [-0.4, -0.2) is 117 Å². The van der Waals surface area contributed by atoms with E-state index >= 15 is 0 Å². The number of carboxylic acid groups (broad SMARTS) is 1. The third-order valence-corrected chi connectivity index (χ3v) is 5.91. The highest BCUT2D eigenvalue weighted by Gasteiger charge is 2.48. The number of hydrogen-bond acceptors (Lipinski definition) is 18. The Labute approximate surface area is 192 Å². The number of aliphatic hydroxyl groups is 2. The Kier molecular flexibility index (Phi) is 9.31. The van der Waals surface area contributed by atoms with Crippen molar-refractivity contribution in [2.24, 2.45) is 0 Å². The first-order valence-corrected chi connectivity index (χ1v) is 12.9. The minimum absolute atomic E-state index is 0.629. The third-order valence-electron chi connectivity index (χ3n) is 4.44. The fraction of sp³-hybridized carbons (Fsp3) is 0.917. The van der Waals surface area contributed by atoms with Gasteiger partial charge in [0.25, 0.3) is 0 Å². The highest BCUT2D eigenvalue weighted by molar-refractivity contribution is 7.83. The standard InChI is InChI=1S/C12H21NO18S3/c14-5-1-4(2-28-33(21,22)23)29-12(7(5)13-32(18,19)20)30-9-8(15)6(31-34(24,25)26)3-27-10(9)11(16)17/h4-10,12-15H,1-3H2,(H,16,17)(H,18,19,20)(H,21,22,23)(H,24,25,26)/p-4/t4?,5?,6?,7?,8-,9-,10-,12+/m1/s1. The van der Waals surface area contributed by atoms with Gasteiger partial charge in [0.1, 0.15) is 24.4 Å². The molecule has 22 heteroatoms. The van der Waals surface area contributed by atoms with Crippen LogP contribution < -0.4 is 9.83 Å². The molecule has 0 aromatic heterocycles. The molecule has 0 saturated carbocycles. The lowest BCUT2D eigenvalue weighted by molar-refractivity contribution is -0.340. The van der Waals surface area contributed by atoms with Gasteiger partial charge in [-0.2, -0.15) is 0 Å². The van der Waals surface area contributed by atoms with E-state index < -0.39 is 106 Å². The predicted molar refractivity (Wildman–Crippen MR) is 91.8 cm³/mol. The van der Waals surface area contributed by atoms with Gasteiger partial charge in [0, 0.05) is 6.42 Å². The molecule has 0 bridgehead atoms. The van der Waals surface area contributed by atoms with Crippen molar-refractivity contribution in [3.05, 3.63) is 0 Å². The Morgan fingerprint density at radius 2 is 1.68 bits per heavy atom. The monoisotopic (exact) mass is 559 g/mol. The SMILES string of the molecule is O=C([O-])[C@@H]1OCC(OS(=O)(=O)[O-])[C@@H](O)[C@H]1O[C@@H]1OC(COS(=O)(=O)[O-])CC(O)C1NS(=O)(=O)[O-]. The van der Waals surface area contributed by atoms with Gasteiger partial charge in [-0.05, 0) is 0 Å². The molecule has 0 aliphatic carbocycles. The largest absolute Gasteiger partial charge is 0.735 e. The Balaban J connectivity index is 2.33. The van der Waals surface area contributed by atoms with Crippen LogP contribution in [0.2, 0.25) is 0 Å². The molecule has 4 unspecified atom stereocenters. The zero-order chi connectivity index (χ0) is 26.1. The van der Waals surface area contributed by atoms with E-state index in [-0.39, 0.29) is 0 Å². The first kappa shape index (κ1) is 29.1. The van der Waals surface area contributed by atoms with Crippen molar-refractivity contribution in [1.29, 1.82) is 0 Å². The maximum atomic E-state index is 11.4. The molecule has 8 atom stereocenters. The molecule has 0 aromatic rings. The normalized spacial score (nSPS) is 35.7. The quantitative estimate of drug-likeness (QED) is 0.165. The van der Waals surface area contributed by atoms with E-state index in [9.17, 15) is 59.0 Å². The Morgan fingerprint density at radius 3 is 2.18 bits per heavy atom. The molecular weight excluding hydrogens is 542 g/mol. The van der Waals surface area contributed by atoms with Gasteiger partial charge in [-0.15, -0.1) is 0 Å². The molecule has 34 heavy (non-hydrogen) atoms. The van der Waals surface area contributed by atoms with Gasteiger partial charge in [0.15, 0.2) is 16.6 Å². The number of carboxylic acids is 1. The summed E-state index contributed by atoms with van der Waals surface area (Å²) in [7, 11) is -16.0. The molecule has 2 aliphatic rings. The summed E-state index contributed by atoms with van der Waals surface area (Å²) in [5.74, 6) is -2.04. The first-order chi connectivity index (χ1) is 15.4. The Morgan fingerprint density at radius 1 is 1.06 bits per heavy atom. The number of carbonyl (C=O) groups excluding carboxylic acids is 1. The first-order valence-electron chi connectivity index (χ1n) is 8.83. The molecule has 0 amide bonds. The van der Waals surface area contributed by atoms with Crippen LogP contribution in [0.4, 0.5) is 0 Å². The summed E-state index contributed by atoms with van der Waals surface area (Å²) in [6.45, 7) is -1.99. The van der Waals surface area contributed by atoms with Crippen molar-refractivity contribution in [2.45, 2.75) is 55.4 Å². The summed E-state index contributed by atoms with van der Waals surface area (Å²) in [4.78, 5) is 11.4. The van der Waals surface area contributed by atoms with E-state index in [0.717, 1.165) is 0 Å². The zero-order valence-electron chi connectivity index (χ0n) is 16.4. The maximum absolute atomic E-state index is 11.4. The van der Waals surface area contributed by atoms with Crippen LogP contribution >= 0.6 is 0 Å². The van der Waals surface area contributed by atoms with Gasteiger partial charge >= 0.3 is 0 Å². The van der Waals surface area contributed by atoms with Gasteiger partial charge in [0.2, 0.25) is 20.8 Å². The summed E-state index contributed by atoms with van der Waals surface area (Å²) in [6.07, 6.45) is -14.9. The van der Waals surface area contributed by atoms with Gasteiger partial charge in [0.05, 0.1) is 37.4 Å². The second kappa shape index (κ2) is 10.9. The summed E-state index contributed by atoms with van der Waals surface area (Å²) < 4.78 is 122. The van der Waals surface area contributed by atoms with Crippen LogP contribution in [0.3, 0.4) is 0 Å². The van der Waals surface area contributed by atoms with E-state index in [4.69, 9.17) is 14.2 Å². The topological polar surface area (TPSA) is 310 Å². The second-order valence-corrected chi connectivity index (χ2v) is 10.1. The smallest absolute Gasteiger partial charge is 0.218 e. The number of aliphatic carboxylic acids is 1. The average Bonchev–Trinajstić information content (AvgIpc) is 2.63. The van der Waals surface area contributed by atoms with Gasteiger partial charge < -0.3 is 48.0 Å². The van der Waals surface area contributed by atoms with E-state index in [2.05, 4.69) is 8.37 Å². The van der Waals surface area contributed by atoms with Crippen molar-refractivity contribution in [3.63, 3.8) is 0 Å². The Hall–Kier alpha value is -1.12. The molecule has 3 N–H and O–H groups in total. The third kappa shape index (κ3) is 8.83. The van der Waals surface area contributed by atoms with E-state index in [1.165, 1.54) is 4.72 Å².